The SMILES string of the molecule is CCOC(=O)c1ccc(Oc2ncccc2C#N)cc1. The number of ether oxygens (including phenoxy) is 2. The molecule has 0 radical (unpaired) electrons. The Hall–Kier alpha value is -2.87. The summed E-state index contributed by atoms with van der Waals surface area (Å²) in [5, 5.41) is 8.94. The molecule has 5 nitrogen and oxygen atoms in total. The minimum atomic E-state index is -0.380. The molecular weight excluding hydrogens is 256 g/mol. The molecule has 1 aromatic heterocycles. The number of esters is 1. The van der Waals surface area contributed by atoms with Crippen LogP contribution in [0.1, 0.15) is 22.8 Å². The van der Waals surface area contributed by atoms with Crippen LogP contribution in [0.15, 0.2) is 42.6 Å². The maximum absolute atomic E-state index is 11.5. The van der Waals surface area contributed by atoms with Crippen LogP contribution in [-0.2, 0) is 4.74 Å². The largest absolute Gasteiger partial charge is 0.462 e. The number of benzene rings is 1. The number of pyridine rings is 1. The fourth-order valence-corrected chi connectivity index (χ4v) is 1.54. The van der Waals surface area contributed by atoms with Gasteiger partial charge in [0.05, 0.1) is 12.2 Å². The first-order valence-corrected chi connectivity index (χ1v) is 6.04. The van der Waals surface area contributed by atoms with Gasteiger partial charge in [0.1, 0.15) is 17.4 Å². The summed E-state index contributed by atoms with van der Waals surface area (Å²) in [5.74, 6) is 0.349. The lowest BCUT2D eigenvalue weighted by Gasteiger charge is -2.06. The van der Waals surface area contributed by atoms with E-state index in [9.17, 15) is 4.79 Å². The lowest BCUT2D eigenvalue weighted by Crippen LogP contribution is -2.04. The second-order valence-electron chi connectivity index (χ2n) is 3.81. The fraction of sp³-hybridized carbons (Fsp3) is 0.133. The Morgan fingerprint density at radius 3 is 2.70 bits per heavy atom. The highest BCUT2D eigenvalue weighted by atomic mass is 16.5. The smallest absolute Gasteiger partial charge is 0.338 e. The maximum Gasteiger partial charge on any atom is 0.338 e. The molecule has 0 saturated heterocycles. The summed E-state index contributed by atoms with van der Waals surface area (Å²) < 4.78 is 10.4. The topological polar surface area (TPSA) is 72.2 Å². The number of aromatic nitrogens is 1. The van der Waals surface area contributed by atoms with Crippen LogP contribution in [0.3, 0.4) is 0 Å². The molecule has 2 aromatic rings. The molecule has 5 heteroatoms. The van der Waals surface area contributed by atoms with Gasteiger partial charge in [0.2, 0.25) is 5.88 Å². The van der Waals surface area contributed by atoms with Crippen molar-refractivity contribution >= 4 is 5.97 Å². The summed E-state index contributed by atoms with van der Waals surface area (Å²) in [7, 11) is 0. The van der Waals surface area contributed by atoms with Crippen LogP contribution >= 0.6 is 0 Å². The van der Waals surface area contributed by atoms with Gasteiger partial charge < -0.3 is 9.47 Å². The third-order valence-corrected chi connectivity index (χ3v) is 2.47. The van der Waals surface area contributed by atoms with Crippen LogP contribution in [0, 0.1) is 11.3 Å². The third-order valence-electron chi connectivity index (χ3n) is 2.47. The van der Waals surface area contributed by atoms with Crippen molar-refractivity contribution in [3.63, 3.8) is 0 Å². The first-order chi connectivity index (χ1) is 9.74. The molecule has 0 bridgehead atoms. The van der Waals surface area contributed by atoms with E-state index in [1.807, 2.05) is 6.07 Å². The van der Waals surface area contributed by atoms with Gasteiger partial charge in [-0.25, -0.2) is 9.78 Å². The Balaban J connectivity index is 2.15. The summed E-state index contributed by atoms with van der Waals surface area (Å²) in [6.45, 7) is 2.08. The van der Waals surface area contributed by atoms with Crippen molar-refractivity contribution < 1.29 is 14.3 Å². The number of hydrogen-bond donors (Lipinski definition) is 0. The number of nitrogens with zero attached hydrogens (tertiary/aromatic N) is 2. The predicted molar refractivity (Wildman–Crippen MR) is 71.4 cm³/mol. The lowest BCUT2D eigenvalue weighted by atomic mass is 10.2. The standard InChI is InChI=1S/C15H12N2O3/c1-2-19-15(18)11-5-7-13(8-6-11)20-14-12(10-16)4-3-9-17-14/h3-9H,2H2,1H3. The van der Waals surface area contributed by atoms with Gasteiger partial charge in [-0.15, -0.1) is 0 Å². The van der Waals surface area contributed by atoms with Crippen LogP contribution in [0.4, 0.5) is 0 Å². The molecule has 0 amide bonds. The van der Waals surface area contributed by atoms with E-state index in [2.05, 4.69) is 4.98 Å². The van der Waals surface area contributed by atoms with E-state index >= 15 is 0 Å². The number of hydrogen-bond acceptors (Lipinski definition) is 5. The van der Waals surface area contributed by atoms with Crippen molar-refractivity contribution in [3.05, 3.63) is 53.7 Å². The molecule has 0 aliphatic rings. The second-order valence-corrected chi connectivity index (χ2v) is 3.81. The van der Waals surface area contributed by atoms with Gasteiger partial charge in [0.25, 0.3) is 0 Å². The molecule has 1 aromatic carbocycles. The van der Waals surface area contributed by atoms with E-state index < -0.39 is 0 Å². The van der Waals surface area contributed by atoms with Crippen LogP contribution in [0.5, 0.6) is 11.6 Å². The highest BCUT2D eigenvalue weighted by Crippen LogP contribution is 2.22. The van der Waals surface area contributed by atoms with E-state index in [0.717, 1.165) is 0 Å². The molecule has 0 spiro atoms. The third kappa shape index (κ3) is 3.12. The van der Waals surface area contributed by atoms with Gasteiger partial charge in [0, 0.05) is 6.20 Å². The molecule has 20 heavy (non-hydrogen) atoms. The molecular formula is C15H12N2O3. The predicted octanol–water partition coefficient (Wildman–Crippen LogP) is 2.92. The fourth-order valence-electron chi connectivity index (χ4n) is 1.54. The minimum Gasteiger partial charge on any atom is -0.462 e. The molecule has 0 aliphatic heterocycles. The van der Waals surface area contributed by atoms with Gasteiger partial charge in [-0.05, 0) is 43.3 Å². The van der Waals surface area contributed by atoms with Crippen molar-refractivity contribution in [2.75, 3.05) is 6.61 Å². The Bertz CT molecular complexity index is 645. The summed E-state index contributed by atoms with van der Waals surface area (Å²) in [5.41, 5.74) is 0.794. The zero-order chi connectivity index (χ0) is 14.4. The quantitative estimate of drug-likeness (QED) is 0.797. The van der Waals surface area contributed by atoms with Gasteiger partial charge in [-0.3, -0.25) is 0 Å². The summed E-state index contributed by atoms with van der Waals surface area (Å²) in [6.07, 6.45) is 1.54. The molecule has 2 rings (SSSR count). The summed E-state index contributed by atoms with van der Waals surface area (Å²) >= 11 is 0. The van der Waals surface area contributed by atoms with E-state index in [1.165, 1.54) is 0 Å². The van der Waals surface area contributed by atoms with Gasteiger partial charge in [-0.2, -0.15) is 5.26 Å². The highest BCUT2D eigenvalue weighted by Gasteiger charge is 2.08. The van der Waals surface area contributed by atoms with E-state index in [4.69, 9.17) is 14.7 Å². The number of carbonyl (C=O) groups excluding carboxylic acids is 1. The van der Waals surface area contributed by atoms with Crippen LogP contribution in [0.25, 0.3) is 0 Å². The molecule has 0 N–H and O–H groups in total. The Labute approximate surface area is 116 Å². The second kappa shape index (κ2) is 6.34. The Kier molecular flexibility index (Phi) is 4.30. The van der Waals surface area contributed by atoms with Gasteiger partial charge in [0.15, 0.2) is 0 Å². The van der Waals surface area contributed by atoms with E-state index in [0.29, 0.717) is 23.5 Å². The normalized spacial score (nSPS) is 9.60. The van der Waals surface area contributed by atoms with Crippen LogP contribution in [0.2, 0.25) is 0 Å². The van der Waals surface area contributed by atoms with Crippen molar-refractivity contribution in [1.82, 2.24) is 4.98 Å². The van der Waals surface area contributed by atoms with E-state index in [-0.39, 0.29) is 11.8 Å². The Morgan fingerprint density at radius 1 is 1.30 bits per heavy atom. The number of rotatable bonds is 4. The molecule has 0 aliphatic carbocycles. The average molecular weight is 268 g/mol. The van der Waals surface area contributed by atoms with Crippen LogP contribution in [-0.4, -0.2) is 17.6 Å². The van der Waals surface area contributed by atoms with Gasteiger partial charge >= 0.3 is 5.97 Å². The zero-order valence-corrected chi connectivity index (χ0v) is 10.9. The van der Waals surface area contributed by atoms with Gasteiger partial charge in [-0.1, -0.05) is 0 Å². The molecule has 1 heterocycles. The first kappa shape index (κ1) is 13.6. The first-order valence-electron chi connectivity index (χ1n) is 6.04. The summed E-state index contributed by atoms with van der Waals surface area (Å²) in [6, 6.07) is 11.7. The maximum atomic E-state index is 11.5. The monoisotopic (exact) mass is 268 g/mol. The Morgan fingerprint density at radius 2 is 2.05 bits per heavy atom. The lowest BCUT2D eigenvalue weighted by molar-refractivity contribution is 0.0526. The molecule has 100 valence electrons. The van der Waals surface area contributed by atoms with Crippen molar-refractivity contribution in [1.29, 1.82) is 5.26 Å². The van der Waals surface area contributed by atoms with Crippen molar-refractivity contribution in [2.45, 2.75) is 6.92 Å². The molecule has 0 fully saturated rings. The van der Waals surface area contributed by atoms with Crippen molar-refractivity contribution in [2.24, 2.45) is 0 Å². The van der Waals surface area contributed by atoms with Crippen molar-refractivity contribution in [3.8, 4) is 17.7 Å². The molecule has 0 saturated carbocycles. The average Bonchev–Trinajstić information content (AvgIpc) is 2.49. The number of nitriles is 1. The number of carbonyl (C=O) groups is 1. The zero-order valence-electron chi connectivity index (χ0n) is 10.9. The van der Waals surface area contributed by atoms with Crippen LogP contribution < -0.4 is 4.74 Å². The summed E-state index contributed by atoms with van der Waals surface area (Å²) in [4.78, 5) is 15.5. The minimum absolute atomic E-state index is 0.235. The molecule has 0 unspecified atom stereocenters. The van der Waals surface area contributed by atoms with E-state index in [1.54, 1.807) is 49.5 Å². The highest BCUT2D eigenvalue weighted by molar-refractivity contribution is 5.89. The molecule has 0 atom stereocenters.